The van der Waals surface area contributed by atoms with Crippen LogP contribution in [0.3, 0.4) is 0 Å². The van der Waals surface area contributed by atoms with E-state index < -0.39 is 0 Å². The zero-order chi connectivity index (χ0) is 21.3. The topological polar surface area (TPSA) is 74.8 Å². The quantitative estimate of drug-likeness (QED) is 0.282. The molecule has 2 unspecified atom stereocenters. The van der Waals surface area contributed by atoms with Gasteiger partial charge in [0.05, 0.1) is 0 Å². The van der Waals surface area contributed by atoms with Crippen molar-refractivity contribution in [1.29, 1.82) is 0 Å². The Balaban J connectivity index is 0.00000341. The lowest BCUT2D eigenvalue weighted by atomic mass is 10.0. The number of hydrogen-bond donors (Lipinski definition) is 3. The molecule has 2 atom stereocenters. The minimum Gasteiger partial charge on any atom is -0.368 e. The molecule has 1 fully saturated rings. The molecule has 0 radical (unpaired) electrons. The van der Waals surface area contributed by atoms with Gasteiger partial charge in [-0.2, -0.15) is 0 Å². The number of halogens is 1. The van der Waals surface area contributed by atoms with Gasteiger partial charge in [0.15, 0.2) is 5.96 Å². The second-order valence-electron chi connectivity index (χ2n) is 7.81. The summed E-state index contributed by atoms with van der Waals surface area (Å²) in [7, 11) is 1.77. The first-order chi connectivity index (χ1) is 14.5. The maximum absolute atomic E-state index is 12.2. The van der Waals surface area contributed by atoms with E-state index in [1.807, 2.05) is 24.3 Å². The number of nitrogens with zero attached hydrogens (tertiary/aromatic N) is 1. The van der Waals surface area contributed by atoms with E-state index in [-0.39, 0.29) is 36.0 Å². The lowest BCUT2D eigenvalue weighted by molar-refractivity contribution is -0.124. The summed E-state index contributed by atoms with van der Waals surface area (Å²) in [5, 5.41) is 9.68. The van der Waals surface area contributed by atoms with Gasteiger partial charge < -0.3 is 20.7 Å². The molecule has 7 heteroatoms. The Kier molecular flexibility index (Phi) is 10.3. The summed E-state index contributed by atoms with van der Waals surface area (Å²) < 4.78 is 5.45. The van der Waals surface area contributed by atoms with Gasteiger partial charge in [-0.05, 0) is 48.9 Å². The Labute approximate surface area is 202 Å². The van der Waals surface area contributed by atoms with Crippen LogP contribution in [0.5, 0.6) is 0 Å². The van der Waals surface area contributed by atoms with Gasteiger partial charge >= 0.3 is 0 Å². The number of nitrogens with one attached hydrogen (secondary N) is 3. The molecule has 0 saturated carbocycles. The lowest BCUT2D eigenvalue weighted by Gasteiger charge is -2.17. The van der Waals surface area contributed by atoms with Crippen molar-refractivity contribution in [3.05, 3.63) is 65.2 Å². The largest absolute Gasteiger partial charge is 0.368 e. The number of aliphatic imine (C=N–C) groups is 1. The van der Waals surface area contributed by atoms with Gasteiger partial charge in [0.2, 0.25) is 0 Å². The molecule has 0 bridgehead atoms. The number of guanidine groups is 1. The highest BCUT2D eigenvalue weighted by atomic mass is 127. The Morgan fingerprint density at radius 2 is 1.97 bits per heavy atom. The molecular formula is C24H33IN4O2. The van der Waals surface area contributed by atoms with Crippen molar-refractivity contribution >= 4 is 41.5 Å². The van der Waals surface area contributed by atoms with Crippen LogP contribution >= 0.6 is 24.0 Å². The number of carbonyl (C=O) groups excluding carboxylic acids is 1. The molecule has 3 rings (SSSR count). The van der Waals surface area contributed by atoms with Crippen LogP contribution in [0, 0.1) is 6.92 Å². The van der Waals surface area contributed by atoms with Crippen molar-refractivity contribution < 1.29 is 9.53 Å². The number of amides is 1. The van der Waals surface area contributed by atoms with Crippen LogP contribution in [0.15, 0.2) is 53.5 Å². The predicted octanol–water partition coefficient (Wildman–Crippen LogP) is 4.20. The molecular weight excluding hydrogens is 503 g/mol. The standard InChI is InChI=1S/C24H32N4O2.HI/c1-17-9-11-20(12-10-17)18(2)15-26-24(25-3)27-16-19-6-4-7-21(14-19)28-23(29)22-8-5-13-30-22;/h4,6-7,9-12,14,18,22H,5,8,13,15-16H2,1-3H3,(H,28,29)(H2,25,26,27);1H. The smallest absolute Gasteiger partial charge is 0.253 e. The summed E-state index contributed by atoms with van der Waals surface area (Å²) in [6, 6.07) is 16.5. The first kappa shape index (κ1) is 25.1. The molecule has 1 aliphatic rings. The molecule has 1 heterocycles. The average molecular weight is 536 g/mol. The number of anilines is 1. The summed E-state index contributed by atoms with van der Waals surface area (Å²) in [5.41, 5.74) is 4.42. The fourth-order valence-corrected chi connectivity index (χ4v) is 3.44. The third-order valence-electron chi connectivity index (χ3n) is 5.32. The van der Waals surface area contributed by atoms with Crippen LogP contribution < -0.4 is 16.0 Å². The molecule has 2 aromatic rings. The SMILES string of the molecule is CN=C(NCc1cccc(NC(=O)C2CCCO2)c1)NCC(C)c1ccc(C)cc1.I. The Morgan fingerprint density at radius 3 is 2.65 bits per heavy atom. The van der Waals surface area contributed by atoms with Gasteiger partial charge in [-0.1, -0.05) is 48.9 Å². The first-order valence-electron chi connectivity index (χ1n) is 10.6. The summed E-state index contributed by atoms with van der Waals surface area (Å²) in [6.45, 7) is 6.37. The van der Waals surface area contributed by atoms with Crippen molar-refractivity contribution in [2.45, 2.75) is 45.3 Å². The van der Waals surface area contributed by atoms with E-state index in [1.54, 1.807) is 7.05 Å². The van der Waals surface area contributed by atoms with Gasteiger partial charge in [-0.15, -0.1) is 24.0 Å². The average Bonchev–Trinajstić information content (AvgIpc) is 3.29. The summed E-state index contributed by atoms with van der Waals surface area (Å²) in [5.74, 6) is 1.06. The summed E-state index contributed by atoms with van der Waals surface area (Å²) >= 11 is 0. The van der Waals surface area contributed by atoms with Gasteiger partial charge in [0.25, 0.3) is 5.91 Å². The molecule has 0 aromatic heterocycles. The number of rotatable bonds is 7. The molecule has 0 spiro atoms. The van der Waals surface area contributed by atoms with E-state index in [0.29, 0.717) is 19.1 Å². The number of benzene rings is 2. The van der Waals surface area contributed by atoms with E-state index in [4.69, 9.17) is 4.74 Å². The summed E-state index contributed by atoms with van der Waals surface area (Å²) in [4.78, 5) is 16.6. The maximum Gasteiger partial charge on any atom is 0.253 e. The molecule has 0 aliphatic carbocycles. The van der Waals surface area contributed by atoms with Crippen LogP contribution in [0.4, 0.5) is 5.69 Å². The number of hydrogen-bond acceptors (Lipinski definition) is 3. The maximum atomic E-state index is 12.2. The number of aryl methyl sites for hydroxylation is 1. The van der Waals surface area contributed by atoms with Gasteiger partial charge in [-0.3, -0.25) is 9.79 Å². The third-order valence-corrected chi connectivity index (χ3v) is 5.32. The van der Waals surface area contributed by atoms with E-state index in [2.05, 4.69) is 59.1 Å². The Morgan fingerprint density at radius 1 is 1.19 bits per heavy atom. The molecule has 3 N–H and O–H groups in total. The molecule has 2 aromatic carbocycles. The van der Waals surface area contributed by atoms with Gasteiger partial charge in [-0.25, -0.2) is 0 Å². The molecule has 168 valence electrons. The van der Waals surface area contributed by atoms with Crippen LogP contribution in [0.1, 0.15) is 42.4 Å². The van der Waals surface area contributed by atoms with Crippen LogP contribution in [0.2, 0.25) is 0 Å². The van der Waals surface area contributed by atoms with Crippen LogP contribution in [0.25, 0.3) is 0 Å². The molecule has 6 nitrogen and oxygen atoms in total. The van der Waals surface area contributed by atoms with E-state index in [0.717, 1.165) is 36.6 Å². The lowest BCUT2D eigenvalue weighted by Crippen LogP contribution is -2.38. The third kappa shape index (κ3) is 7.81. The van der Waals surface area contributed by atoms with Crippen molar-refractivity contribution in [1.82, 2.24) is 10.6 Å². The minimum atomic E-state index is -0.328. The summed E-state index contributed by atoms with van der Waals surface area (Å²) in [6.07, 6.45) is 1.40. The zero-order valence-electron chi connectivity index (χ0n) is 18.5. The highest BCUT2D eigenvalue weighted by Crippen LogP contribution is 2.17. The number of ether oxygens (including phenoxy) is 1. The van der Waals surface area contributed by atoms with Crippen molar-refractivity contribution in [3.63, 3.8) is 0 Å². The molecule has 31 heavy (non-hydrogen) atoms. The normalized spacial score (nSPS) is 16.9. The molecule has 1 saturated heterocycles. The van der Waals surface area contributed by atoms with Crippen molar-refractivity contribution in [2.24, 2.45) is 4.99 Å². The van der Waals surface area contributed by atoms with Crippen molar-refractivity contribution in [2.75, 3.05) is 25.5 Å². The second-order valence-corrected chi connectivity index (χ2v) is 7.81. The minimum absolute atomic E-state index is 0. The Bertz CT molecular complexity index is 864. The van der Waals surface area contributed by atoms with Crippen LogP contribution in [-0.2, 0) is 16.1 Å². The monoisotopic (exact) mass is 536 g/mol. The highest BCUT2D eigenvalue weighted by Gasteiger charge is 2.23. The van der Waals surface area contributed by atoms with Crippen molar-refractivity contribution in [3.8, 4) is 0 Å². The van der Waals surface area contributed by atoms with Gasteiger partial charge in [0.1, 0.15) is 6.10 Å². The van der Waals surface area contributed by atoms with E-state index in [1.165, 1.54) is 11.1 Å². The predicted molar refractivity (Wildman–Crippen MR) is 137 cm³/mol. The molecule has 1 amide bonds. The van der Waals surface area contributed by atoms with Gasteiger partial charge in [0, 0.05) is 32.4 Å². The highest BCUT2D eigenvalue weighted by molar-refractivity contribution is 14.0. The van der Waals surface area contributed by atoms with E-state index >= 15 is 0 Å². The van der Waals surface area contributed by atoms with E-state index in [9.17, 15) is 4.79 Å². The Hall–Kier alpha value is -2.13. The second kappa shape index (κ2) is 12.7. The molecule has 1 aliphatic heterocycles. The number of carbonyl (C=O) groups is 1. The zero-order valence-corrected chi connectivity index (χ0v) is 20.8. The van der Waals surface area contributed by atoms with Crippen LogP contribution in [-0.4, -0.2) is 38.2 Å². The fourth-order valence-electron chi connectivity index (χ4n) is 3.44. The first-order valence-corrected chi connectivity index (χ1v) is 10.6. The fraction of sp³-hybridized carbons (Fsp3) is 0.417.